The van der Waals surface area contributed by atoms with E-state index in [9.17, 15) is 41.8 Å². The van der Waals surface area contributed by atoms with Crippen molar-refractivity contribution in [3.8, 4) is 17.2 Å². The third-order valence-corrected chi connectivity index (χ3v) is 6.75. The molecule has 1 fully saturated rings. The Hall–Kier alpha value is -3.79. The number of amides is 4. The third kappa shape index (κ3) is 11.1. The first-order valence-electron chi connectivity index (χ1n) is 12.6. The minimum atomic E-state index is -4.81. The molecule has 0 spiro atoms. The molecule has 4 rings (SSSR count). The van der Waals surface area contributed by atoms with Gasteiger partial charge in [-0.3, -0.25) is 0 Å². The summed E-state index contributed by atoms with van der Waals surface area (Å²) in [6.45, 7) is 0. The van der Waals surface area contributed by atoms with Crippen molar-refractivity contribution in [3.05, 3.63) is 69.1 Å². The van der Waals surface area contributed by atoms with Crippen molar-refractivity contribution in [2.45, 2.75) is 44.5 Å². The van der Waals surface area contributed by atoms with Gasteiger partial charge in [0.2, 0.25) is 0 Å². The summed E-state index contributed by atoms with van der Waals surface area (Å²) in [6.07, 6.45) is 0.550. The number of phenols is 2. The molecule has 0 atom stereocenters. The smallest absolute Gasteiger partial charge is 0.503 e. The molecule has 9 nitrogen and oxygen atoms in total. The second kappa shape index (κ2) is 15.1. The van der Waals surface area contributed by atoms with Crippen LogP contribution in [0.5, 0.6) is 17.2 Å². The molecule has 232 valence electrons. The zero-order valence-electron chi connectivity index (χ0n) is 22.0. The summed E-state index contributed by atoms with van der Waals surface area (Å²) >= 11 is 6.12. The van der Waals surface area contributed by atoms with E-state index in [4.69, 9.17) is 0 Å². The number of nitrogens with one attached hydrogen (secondary N) is 4. The summed E-state index contributed by atoms with van der Waals surface area (Å²) in [6, 6.07) is 8.19. The normalized spacial score (nSPS) is 13.3. The highest BCUT2D eigenvalue weighted by Gasteiger charge is 2.31. The maximum Gasteiger partial charge on any atom is 0.573 e. The summed E-state index contributed by atoms with van der Waals surface area (Å²) in [4.78, 5) is 23.6. The van der Waals surface area contributed by atoms with Crippen LogP contribution in [0.4, 0.5) is 48.6 Å². The minimum absolute atomic E-state index is 0.0557. The molecule has 1 aliphatic rings. The second-order valence-corrected chi connectivity index (χ2v) is 11.0. The Labute approximate surface area is 259 Å². The molecule has 16 heteroatoms. The van der Waals surface area contributed by atoms with Gasteiger partial charge in [0.05, 0.1) is 11.4 Å². The molecule has 0 heterocycles. The predicted molar refractivity (Wildman–Crippen MR) is 156 cm³/mol. The lowest BCUT2D eigenvalue weighted by molar-refractivity contribution is -0.274. The summed E-state index contributed by atoms with van der Waals surface area (Å²) < 4.78 is 67.2. The molecule has 1 saturated carbocycles. The van der Waals surface area contributed by atoms with Crippen molar-refractivity contribution < 1.29 is 46.5 Å². The Morgan fingerprint density at radius 1 is 0.767 bits per heavy atom. The average molecular weight is 740 g/mol. The van der Waals surface area contributed by atoms with Gasteiger partial charge in [0, 0.05) is 20.7 Å². The molecule has 0 aliphatic heterocycles. The molecule has 43 heavy (non-hydrogen) atoms. The number of halogens is 7. The number of carbonyl (C=O) groups is 2. The SMILES string of the molecule is O=C(Nc1cc(Br)cc(F)c1O)NC1CCCCC1.O=C(Nc1ccc(OC(F)(F)F)cc1)Nc1cc(Br)cc(F)c1O. The summed E-state index contributed by atoms with van der Waals surface area (Å²) in [7, 11) is 0. The topological polar surface area (TPSA) is 132 Å². The van der Waals surface area contributed by atoms with E-state index in [1.165, 1.54) is 30.7 Å². The van der Waals surface area contributed by atoms with Gasteiger partial charge in [0.25, 0.3) is 0 Å². The van der Waals surface area contributed by atoms with Gasteiger partial charge in [-0.05, 0) is 61.4 Å². The lowest BCUT2D eigenvalue weighted by atomic mass is 9.96. The minimum Gasteiger partial charge on any atom is -0.503 e. The van der Waals surface area contributed by atoms with Crippen LogP contribution in [0.25, 0.3) is 0 Å². The molecular formula is C27H25Br2F5N4O5. The van der Waals surface area contributed by atoms with Gasteiger partial charge in [0.1, 0.15) is 5.75 Å². The molecule has 0 unspecified atom stereocenters. The first-order chi connectivity index (χ1) is 20.2. The molecule has 3 aromatic rings. The Bertz CT molecular complexity index is 1440. The van der Waals surface area contributed by atoms with E-state index >= 15 is 0 Å². The van der Waals surface area contributed by atoms with Crippen LogP contribution in [0.1, 0.15) is 32.1 Å². The Morgan fingerprint density at radius 2 is 1.26 bits per heavy atom. The highest BCUT2D eigenvalue weighted by Crippen LogP contribution is 2.32. The number of hydrogen-bond acceptors (Lipinski definition) is 5. The van der Waals surface area contributed by atoms with Crippen LogP contribution >= 0.6 is 31.9 Å². The molecule has 1 aliphatic carbocycles. The number of alkyl halides is 3. The number of hydrogen-bond donors (Lipinski definition) is 6. The van der Waals surface area contributed by atoms with Gasteiger partial charge in [-0.2, -0.15) is 0 Å². The van der Waals surface area contributed by atoms with Crippen molar-refractivity contribution in [3.63, 3.8) is 0 Å². The Balaban J connectivity index is 0.000000242. The summed E-state index contributed by atoms with van der Waals surface area (Å²) in [5, 5.41) is 28.9. The van der Waals surface area contributed by atoms with E-state index in [0.717, 1.165) is 49.9 Å². The van der Waals surface area contributed by atoms with Crippen molar-refractivity contribution in [2.75, 3.05) is 16.0 Å². The van der Waals surface area contributed by atoms with Crippen LogP contribution in [0.15, 0.2) is 57.5 Å². The van der Waals surface area contributed by atoms with Gasteiger partial charge in [-0.25, -0.2) is 18.4 Å². The van der Waals surface area contributed by atoms with E-state index in [2.05, 4.69) is 57.9 Å². The van der Waals surface area contributed by atoms with Gasteiger partial charge >= 0.3 is 18.4 Å². The van der Waals surface area contributed by atoms with Crippen LogP contribution in [-0.2, 0) is 0 Å². The number of aromatic hydroxyl groups is 2. The van der Waals surface area contributed by atoms with E-state index in [1.807, 2.05) is 0 Å². The molecule has 3 aromatic carbocycles. The van der Waals surface area contributed by atoms with E-state index in [1.54, 1.807) is 0 Å². The van der Waals surface area contributed by atoms with Crippen molar-refractivity contribution >= 4 is 61.0 Å². The number of rotatable bonds is 5. The van der Waals surface area contributed by atoms with E-state index in [0.29, 0.717) is 8.95 Å². The standard InChI is InChI=1S/C14H9BrF4N2O3.C13H16BrFN2O2/c15-7-5-10(16)12(22)11(6-7)21-13(23)20-8-1-3-9(4-2-8)24-14(17,18)19;14-8-6-10(15)12(18)11(7-8)17-13(19)16-9-4-2-1-3-5-9/h1-6,22H,(H2,20,21,23);6-7,9,18H,1-5H2,(H2,16,17,19). The summed E-state index contributed by atoms with van der Waals surface area (Å²) in [5.74, 6) is -3.46. The largest absolute Gasteiger partial charge is 0.573 e. The quantitative estimate of drug-likeness (QED) is 0.115. The van der Waals surface area contributed by atoms with Gasteiger partial charge in [0.15, 0.2) is 23.1 Å². The Morgan fingerprint density at radius 3 is 1.74 bits per heavy atom. The first kappa shape index (κ1) is 33.7. The number of phenolic OH excluding ortho intramolecular Hbond substituents is 2. The van der Waals surface area contributed by atoms with Crippen LogP contribution < -0.4 is 26.0 Å². The first-order valence-corrected chi connectivity index (χ1v) is 14.2. The van der Waals surface area contributed by atoms with Gasteiger partial charge in [-0.15, -0.1) is 13.2 Å². The van der Waals surface area contributed by atoms with E-state index in [-0.39, 0.29) is 23.1 Å². The fourth-order valence-corrected chi connectivity index (χ4v) is 4.80. The van der Waals surface area contributed by atoms with Crippen molar-refractivity contribution in [1.82, 2.24) is 5.32 Å². The highest BCUT2D eigenvalue weighted by molar-refractivity contribution is 9.10. The molecule has 0 radical (unpaired) electrons. The maximum atomic E-state index is 13.3. The summed E-state index contributed by atoms with van der Waals surface area (Å²) in [5.41, 5.74) is 0.0357. The molecule has 0 aromatic heterocycles. The molecule has 0 bridgehead atoms. The van der Waals surface area contributed by atoms with Crippen LogP contribution in [-0.4, -0.2) is 34.7 Å². The number of ether oxygens (including phenoxy) is 1. The monoisotopic (exact) mass is 738 g/mol. The molecule has 6 N–H and O–H groups in total. The third-order valence-electron chi connectivity index (χ3n) is 5.84. The maximum absolute atomic E-state index is 13.3. The molecular weight excluding hydrogens is 715 g/mol. The number of urea groups is 2. The number of benzene rings is 3. The van der Waals surface area contributed by atoms with Crippen molar-refractivity contribution in [2.24, 2.45) is 0 Å². The second-order valence-electron chi connectivity index (χ2n) is 9.15. The fraction of sp³-hybridized carbons (Fsp3) is 0.259. The predicted octanol–water partition coefficient (Wildman–Crippen LogP) is 8.58. The van der Waals surface area contributed by atoms with Crippen molar-refractivity contribution in [1.29, 1.82) is 0 Å². The number of carbonyl (C=O) groups excluding carboxylic acids is 2. The molecule has 4 amide bonds. The lowest BCUT2D eigenvalue weighted by Gasteiger charge is -2.23. The van der Waals surface area contributed by atoms with Crippen LogP contribution in [0.3, 0.4) is 0 Å². The lowest BCUT2D eigenvalue weighted by Crippen LogP contribution is -2.39. The van der Waals surface area contributed by atoms with E-state index < -0.39 is 47.3 Å². The van der Waals surface area contributed by atoms with Crippen LogP contribution in [0, 0.1) is 11.6 Å². The zero-order chi connectivity index (χ0) is 31.7. The fourth-order valence-electron chi connectivity index (χ4n) is 3.94. The average Bonchev–Trinajstić information content (AvgIpc) is 2.91. The Kier molecular flexibility index (Phi) is 11.8. The zero-order valence-corrected chi connectivity index (χ0v) is 25.2. The molecule has 0 saturated heterocycles. The van der Waals surface area contributed by atoms with Gasteiger partial charge in [-0.1, -0.05) is 51.1 Å². The highest BCUT2D eigenvalue weighted by atomic mass is 79.9. The van der Waals surface area contributed by atoms with Gasteiger partial charge < -0.3 is 36.2 Å². The number of anilines is 3. The van der Waals surface area contributed by atoms with Crippen LogP contribution in [0.2, 0.25) is 0 Å².